The first kappa shape index (κ1) is 16.6. The van der Waals surface area contributed by atoms with Crippen LogP contribution in [0, 0.1) is 17.8 Å². The molecule has 0 saturated heterocycles. The van der Waals surface area contributed by atoms with Crippen molar-refractivity contribution in [3.05, 3.63) is 58.3 Å². The molecule has 0 aromatic heterocycles. The lowest BCUT2D eigenvalue weighted by Crippen LogP contribution is -2.30. The standard InChI is InChI=1S/C21H19ClN2O3/c1-11-14-3-2-12(6-15(11)14)17-4-5-20(23-17)24-21(25)8-13-7-18-19(9-16(13)22)27-10-26-18/h2-4,6-7,9,11,14-15H,5,8,10H2,1H3,(H,23,24,25). The highest BCUT2D eigenvalue weighted by Gasteiger charge is 2.44. The van der Waals surface area contributed by atoms with Gasteiger partial charge in [0, 0.05) is 17.5 Å². The van der Waals surface area contributed by atoms with Gasteiger partial charge in [0.1, 0.15) is 5.84 Å². The number of nitrogens with one attached hydrogen (secondary N) is 1. The highest BCUT2D eigenvalue weighted by Crippen LogP contribution is 2.51. The second-order valence-electron chi connectivity index (χ2n) is 7.37. The third-order valence-corrected chi connectivity index (χ3v) is 5.96. The summed E-state index contributed by atoms with van der Waals surface area (Å²) < 4.78 is 10.6. The summed E-state index contributed by atoms with van der Waals surface area (Å²) in [6.07, 6.45) is 9.59. The fraction of sp³-hybridized carbons (Fsp3) is 0.333. The third kappa shape index (κ3) is 3.06. The lowest BCUT2D eigenvalue weighted by Gasteiger charge is -2.08. The summed E-state index contributed by atoms with van der Waals surface area (Å²) in [6.45, 7) is 2.45. The number of ether oxygens (including phenoxy) is 2. The molecule has 1 saturated carbocycles. The van der Waals surface area contributed by atoms with E-state index in [0.29, 0.717) is 46.2 Å². The molecule has 5 nitrogen and oxygen atoms in total. The molecule has 0 spiro atoms. The second-order valence-corrected chi connectivity index (χ2v) is 7.78. The molecule has 6 heteroatoms. The maximum Gasteiger partial charge on any atom is 0.231 e. The van der Waals surface area contributed by atoms with Crippen molar-refractivity contribution < 1.29 is 14.3 Å². The van der Waals surface area contributed by atoms with E-state index in [1.54, 1.807) is 12.1 Å². The minimum atomic E-state index is -0.145. The number of nitrogens with zero attached hydrogens (tertiary/aromatic N) is 1. The van der Waals surface area contributed by atoms with E-state index < -0.39 is 0 Å². The van der Waals surface area contributed by atoms with E-state index >= 15 is 0 Å². The number of halogens is 1. The molecule has 4 aliphatic rings. The smallest absolute Gasteiger partial charge is 0.231 e. The van der Waals surface area contributed by atoms with Crippen LogP contribution in [0.1, 0.15) is 18.9 Å². The minimum Gasteiger partial charge on any atom is -0.454 e. The predicted molar refractivity (Wildman–Crippen MR) is 103 cm³/mol. The molecule has 1 N–H and O–H groups in total. The van der Waals surface area contributed by atoms with Gasteiger partial charge in [-0.3, -0.25) is 4.79 Å². The van der Waals surface area contributed by atoms with Gasteiger partial charge >= 0.3 is 0 Å². The van der Waals surface area contributed by atoms with Crippen molar-refractivity contribution in [3.63, 3.8) is 0 Å². The quantitative estimate of drug-likeness (QED) is 0.865. The Hall–Kier alpha value is -2.53. The van der Waals surface area contributed by atoms with E-state index in [1.807, 2.05) is 0 Å². The summed E-state index contributed by atoms with van der Waals surface area (Å²) in [4.78, 5) is 17.0. The topological polar surface area (TPSA) is 59.9 Å². The molecule has 2 aliphatic carbocycles. The summed E-state index contributed by atoms with van der Waals surface area (Å²) in [6, 6.07) is 3.45. The number of rotatable bonds is 3. The van der Waals surface area contributed by atoms with Gasteiger partial charge in [-0.15, -0.1) is 0 Å². The molecule has 3 unspecified atom stereocenters. The van der Waals surface area contributed by atoms with Crippen molar-refractivity contribution in [3.8, 4) is 11.5 Å². The van der Waals surface area contributed by atoms with E-state index in [0.717, 1.165) is 17.2 Å². The Morgan fingerprint density at radius 3 is 2.93 bits per heavy atom. The molecule has 0 bridgehead atoms. The van der Waals surface area contributed by atoms with Crippen LogP contribution in [0.3, 0.4) is 0 Å². The van der Waals surface area contributed by atoms with Crippen molar-refractivity contribution in [2.75, 3.05) is 6.79 Å². The van der Waals surface area contributed by atoms with Crippen LogP contribution in [0.2, 0.25) is 5.02 Å². The zero-order valence-electron chi connectivity index (χ0n) is 14.9. The van der Waals surface area contributed by atoms with Gasteiger partial charge in [0.05, 0.1) is 12.1 Å². The summed E-state index contributed by atoms with van der Waals surface area (Å²) in [5.74, 6) is 3.83. The van der Waals surface area contributed by atoms with Crippen LogP contribution < -0.4 is 14.8 Å². The maximum atomic E-state index is 12.4. The molecule has 5 rings (SSSR count). The Kier molecular flexibility index (Phi) is 3.86. The van der Waals surface area contributed by atoms with E-state index in [2.05, 4.69) is 41.5 Å². The van der Waals surface area contributed by atoms with Crippen LogP contribution in [0.25, 0.3) is 0 Å². The molecule has 3 atom stereocenters. The van der Waals surface area contributed by atoms with E-state index in [1.165, 1.54) is 0 Å². The molecular formula is C21H19ClN2O3. The maximum absolute atomic E-state index is 12.4. The molecular weight excluding hydrogens is 364 g/mol. The van der Waals surface area contributed by atoms with E-state index in [4.69, 9.17) is 21.1 Å². The molecule has 2 heterocycles. The molecule has 2 aliphatic heterocycles. The number of carbonyl (C=O) groups is 1. The first-order valence-corrected chi connectivity index (χ1v) is 9.52. The van der Waals surface area contributed by atoms with Gasteiger partial charge in [-0.25, -0.2) is 4.99 Å². The van der Waals surface area contributed by atoms with Crippen molar-refractivity contribution in [1.82, 2.24) is 5.32 Å². The highest BCUT2D eigenvalue weighted by atomic mass is 35.5. The lowest BCUT2D eigenvalue weighted by atomic mass is 10.0. The van der Waals surface area contributed by atoms with Gasteiger partial charge in [0.15, 0.2) is 11.5 Å². The first-order valence-electron chi connectivity index (χ1n) is 9.14. The Labute approximate surface area is 162 Å². The fourth-order valence-corrected chi connectivity index (χ4v) is 4.13. The van der Waals surface area contributed by atoms with Crippen molar-refractivity contribution in [2.24, 2.45) is 22.7 Å². The van der Waals surface area contributed by atoms with Gasteiger partial charge < -0.3 is 14.8 Å². The van der Waals surface area contributed by atoms with Crippen LogP contribution in [0.4, 0.5) is 0 Å². The first-order chi connectivity index (χ1) is 13.1. The molecule has 1 amide bonds. The Balaban J connectivity index is 1.24. The summed E-state index contributed by atoms with van der Waals surface area (Å²) in [5.41, 5.74) is 2.81. The number of amides is 1. The van der Waals surface area contributed by atoms with Gasteiger partial charge in [0.2, 0.25) is 12.7 Å². The number of carbonyl (C=O) groups excluding carboxylic acids is 1. The highest BCUT2D eigenvalue weighted by molar-refractivity contribution is 6.31. The van der Waals surface area contributed by atoms with Crippen LogP contribution in [0.5, 0.6) is 11.5 Å². The van der Waals surface area contributed by atoms with Gasteiger partial charge in [-0.05, 0) is 35.0 Å². The van der Waals surface area contributed by atoms with Gasteiger partial charge in [-0.1, -0.05) is 42.8 Å². The van der Waals surface area contributed by atoms with Crippen molar-refractivity contribution in [2.45, 2.75) is 19.8 Å². The molecule has 1 aromatic rings. The molecule has 27 heavy (non-hydrogen) atoms. The summed E-state index contributed by atoms with van der Waals surface area (Å²) in [5, 5.41) is 3.39. The summed E-state index contributed by atoms with van der Waals surface area (Å²) in [7, 11) is 0. The van der Waals surface area contributed by atoms with Gasteiger partial charge in [-0.2, -0.15) is 0 Å². The number of aliphatic imine (C=N–C) groups is 1. The molecule has 1 fully saturated rings. The van der Waals surface area contributed by atoms with E-state index in [9.17, 15) is 4.79 Å². The van der Waals surface area contributed by atoms with E-state index in [-0.39, 0.29) is 19.1 Å². The third-order valence-electron chi connectivity index (χ3n) is 5.60. The molecule has 1 aromatic carbocycles. The van der Waals surface area contributed by atoms with Crippen molar-refractivity contribution in [1.29, 1.82) is 0 Å². The fourth-order valence-electron chi connectivity index (χ4n) is 3.90. The SMILES string of the molecule is CC1C2C=CC(C3=CCC(NC(=O)Cc4cc5c(cc4Cl)OCO5)=N3)=CC12. The number of benzene rings is 1. The number of allylic oxidation sites excluding steroid dienone is 3. The van der Waals surface area contributed by atoms with Crippen LogP contribution in [0.15, 0.2) is 52.7 Å². The van der Waals surface area contributed by atoms with Gasteiger partial charge in [0.25, 0.3) is 0 Å². The average Bonchev–Trinajstić information content (AvgIpc) is 3.03. The number of hydrogen-bond donors (Lipinski definition) is 1. The average molecular weight is 383 g/mol. The van der Waals surface area contributed by atoms with Crippen molar-refractivity contribution >= 4 is 23.3 Å². The molecule has 0 radical (unpaired) electrons. The largest absolute Gasteiger partial charge is 0.454 e. The number of fused-ring (bicyclic) bond motifs is 2. The summed E-state index contributed by atoms with van der Waals surface area (Å²) >= 11 is 6.25. The second kappa shape index (κ2) is 6.27. The lowest BCUT2D eigenvalue weighted by molar-refractivity contribution is -0.119. The zero-order valence-corrected chi connectivity index (χ0v) is 15.6. The van der Waals surface area contributed by atoms with Crippen LogP contribution in [-0.2, 0) is 11.2 Å². The predicted octanol–water partition coefficient (Wildman–Crippen LogP) is 3.79. The Morgan fingerprint density at radius 1 is 1.30 bits per heavy atom. The number of hydrogen-bond acceptors (Lipinski definition) is 4. The molecule has 138 valence electrons. The Bertz CT molecular complexity index is 960. The monoisotopic (exact) mass is 382 g/mol. The van der Waals surface area contributed by atoms with Crippen LogP contribution in [-0.4, -0.2) is 18.5 Å². The zero-order chi connectivity index (χ0) is 18.5. The minimum absolute atomic E-state index is 0.145. The number of amidine groups is 1. The Morgan fingerprint density at radius 2 is 2.11 bits per heavy atom. The normalized spacial score (nSPS) is 26.9. The van der Waals surface area contributed by atoms with Crippen LogP contribution >= 0.6 is 11.6 Å².